The number of methoxy groups -OCH3 is 1. The highest BCUT2D eigenvalue weighted by Crippen LogP contribution is 2.34. The summed E-state index contributed by atoms with van der Waals surface area (Å²) in [7, 11) is 1.69. The molecule has 1 aromatic rings. The van der Waals surface area contributed by atoms with Crippen LogP contribution >= 0.6 is 11.8 Å². The predicted octanol–water partition coefficient (Wildman–Crippen LogP) is 1.95. The molecule has 0 aliphatic carbocycles. The molecule has 19 heavy (non-hydrogen) atoms. The Bertz CT molecular complexity index is 485. The fourth-order valence-corrected chi connectivity index (χ4v) is 4.14. The van der Waals surface area contributed by atoms with Crippen molar-refractivity contribution < 1.29 is 4.74 Å². The van der Waals surface area contributed by atoms with Gasteiger partial charge in [0, 0.05) is 11.8 Å². The lowest BCUT2D eigenvalue weighted by Gasteiger charge is -2.30. The molecule has 102 valence electrons. The first-order chi connectivity index (χ1) is 9.29. The lowest BCUT2D eigenvalue weighted by molar-refractivity contribution is 0.414. The molecule has 0 spiro atoms. The number of hydrogen-bond acceptors (Lipinski definition) is 5. The predicted molar refractivity (Wildman–Crippen MR) is 81.2 cm³/mol. The SMILES string of the molecule is COc1cccc(N2C(N)=NCC2C2CCSC2)c1. The monoisotopic (exact) mass is 277 g/mol. The molecule has 0 saturated carbocycles. The average Bonchev–Trinajstić information content (AvgIpc) is 3.07. The molecule has 5 heteroatoms. The Kier molecular flexibility index (Phi) is 3.55. The van der Waals surface area contributed by atoms with Gasteiger partial charge in [0.15, 0.2) is 5.96 Å². The van der Waals surface area contributed by atoms with Crippen LogP contribution in [0.5, 0.6) is 5.75 Å². The molecule has 2 N–H and O–H groups in total. The largest absolute Gasteiger partial charge is 0.497 e. The van der Waals surface area contributed by atoms with Crippen molar-refractivity contribution in [2.45, 2.75) is 12.5 Å². The van der Waals surface area contributed by atoms with Gasteiger partial charge in [0.1, 0.15) is 5.75 Å². The summed E-state index contributed by atoms with van der Waals surface area (Å²) in [6.07, 6.45) is 1.26. The number of rotatable bonds is 3. The van der Waals surface area contributed by atoms with Crippen molar-refractivity contribution in [2.24, 2.45) is 16.6 Å². The van der Waals surface area contributed by atoms with Crippen LogP contribution in [0.4, 0.5) is 5.69 Å². The minimum Gasteiger partial charge on any atom is -0.497 e. The van der Waals surface area contributed by atoms with Gasteiger partial charge in [0.25, 0.3) is 0 Å². The lowest BCUT2D eigenvalue weighted by Crippen LogP contribution is -2.45. The van der Waals surface area contributed by atoms with E-state index in [0.29, 0.717) is 17.9 Å². The van der Waals surface area contributed by atoms with Crippen LogP contribution in [0, 0.1) is 5.92 Å². The second-order valence-electron chi connectivity index (χ2n) is 4.96. The maximum atomic E-state index is 6.09. The number of anilines is 1. The molecule has 0 aromatic heterocycles. The van der Waals surface area contributed by atoms with Gasteiger partial charge in [-0.3, -0.25) is 4.99 Å². The number of hydrogen-bond donors (Lipinski definition) is 1. The van der Waals surface area contributed by atoms with Crippen molar-refractivity contribution >= 4 is 23.4 Å². The fraction of sp³-hybridized carbons (Fsp3) is 0.500. The number of thioether (sulfide) groups is 1. The van der Waals surface area contributed by atoms with Crippen LogP contribution in [-0.2, 0) is 0 Å². The van der Waals surface area contributed by atoms with Gasteiger partial charge in [-0.25, -0.2) is 0 Å². The first-order valence-electron chi connectivity index (χ1n) is 6.60. The minimum atomic E-state index is 0.405. The zero-order chi connectivity index (χ0) is 13.2. The van der Waals surface area contributed by atoms with Gasteiger partial charge in [-0.1, -0.05) is 6.07 Å². The Morgan fingerprint density at radius 1 is 1.47 bits per heavy atom. The number of nitrogens with two attached hydrogens (primary N) is 1. The third-order valence-electron chi connectivity index (χ3n) is 3.86. The van der Waals surface area contributed by atoms with Crippen molar-refractivity contribution in [3.63, 3.8) is 0 Å². The molecule has 2 aliphatic heterocycles. The van der Waals surface area contributed by atoms with Gasteiger partial charge in [-0.15, -0.1) is 0 Å². The Morgan fingerprint density at radius 3 is 3.11 bits per heavy atom. The van der Waals surface area contributed by atoms with Crippen LogP contribution in [0.1, 0.15) is 6.42 Å². The van der Waals surface area contributed by atoms with E-state index in [0.717, 1.165) is 18.0 Å². The summed E-state index contributed by atoms with van der Waals surface area (Å²) < 4.78 is 5.30. The van der Waals surface area contributed by atoms with E-state index in [1.165, 1.54) is 17.9 Å². The van der Waals surface area contributed by atoms with E-state index in [1.807, 2.05) is 30.0 Å². The van der Waals surface area contributed by atoms with Gasteiger partial charge >= 0.3 is 0 Å². The summed E-state index contributed by atoms with van der Waals surface area (Å²) in [4.78, 5) is 6.63. The Hall–Kier alpha value is -1.36. The molecule has 0 radical (unpaired) electrons. The zero-order valence-corrected chi connectivity index (χ0v) is 11.9. The van der Waals surface area contributed by atoms with E-state index in [1.54, 1.807) is 7.11 Å². The molecule has 0 bridgehead atoms. The Balaban J connectivity index is 1.88. The number of guanidine groups is 1. The van der Waals surface area contributed by atoms with Crippen LogP contribution in [0.15, 0.2) is 29.3 Å². The summed E-state index contributed by atoms with van der Waals surface area (Å²) in [5.41, 5.74) is 7.17. The van der Waals surface area contributed by atoms with Crippen molar-refractivity contribution in [2.75, 3.05) is 30.1 Å². The van der Waals surface area contributed by atoms with Gasteiger partial charge < -0.3 is 15.4 Å². The normalized spacial score (nSPS) is 26.6. The van der Waals surface area contributed by atoms with Crippen LogP contribution in [0.2, 0.25) is 0 Å². The Labute approximate surface area is 118 Å². The second kappa shape index (κ2) is 5.33. The number of ether oxygens (including phenoxy) is 1. The summed E-state index contributed by atoms with van der Waals surface area (Å²) in [5.74, 6) is 4.65. The second-order valence-corrected chi connectivity index (χ2v) is 6.11. The zero-order valence-electron chi connectivity index (χ0n) is 11.1. The van der Waals surface area contributed by atoms with Crippen LogP contribution in [0.3, 0.4) is 0 Å². The van der Waals surface area contributed by atoms with Crippen molar-refractivity contribution in [3.05, 3.63) is 24.3 Å². The van der Waals surface area contributed by atoms with Gasteiger partial charge in [-0.05, 0) is 36.0 Å². The molecule has 1 saturated heterocycles. The highest BCUT2D eigenvalue weighted by molar-refractivity contribution is 7.99. The summed E-state index contributed by atoms with van der Waals surface area (Å²) in [6.45, 7) is 0.814. The van der Waals surface area contributed by atoms with Crippen molar-refractivity contribution in [1.29, 1.82) is 0 Å². The molecule has 2 atom stereocenters. The van der Waals surface area contributed by atoms with E-state index in [2.05, 4.69) is 16.0 Å². The third kappa shape index (κ3) is 2.39. The first kappa shape index (κ1) is 12.7. The topological polar surface area (TPSA) is 50.9 Å². The highest BCUT2D eigenvalue weighted by Gasteiger charge is 2.35. The van der Waals surface area contributed by atoms with Gasteiger partial charge in [0.05, 0.1) is 19.7 Å². The number of nitrogens with zero attached hydrogens (tertiary/aromatic N) is 2. The maximum Gasteiger partial charge on any atom is 0.196 e. The summed E-state index contributed by atoms with van der Waals surface area (Å²) in [6, 6.07) is 8.46. The maximum absolute atomic E-state index is 6.09. The van der Waals surface area contributed by atoms with E-state index in [4.69, 9.17) is 10.5 Å². The van der Waals surface area contributed by atoms with Crippen LogP contribution in [0.25, 0.3) is 0 Å². The summed E-state index contributed by atoms with van der Waals surface area (Å²) in [5, 5.41) is 0. The summed E-state index contributed by atoms with van der Waals surface area (Å²) >= 11 is 2.03. The fourth-order valence-electron chi connectivity index (χ4n) is 2.81. The van der Waals surface area contributed by atoms with Crippen molar-refractivity contribution in [1.82, 2.24) is 0 Å². The molecule has 1 aromatic carbocycles. The van der Waals surface area contributed by atoms with Crippen LogP contribution in [-0.4, -0.2) is 37.2 Å². The minimum absolute atomic E-state index is 0.405. The average molecular weight is 277 g/mol. The Morgan fingerprint density at radius 2 is 2.37 bits per heavy atom. The smallest absolute Gasteiger partial charge is 0.196 e. The first-order valence-corrected chi connectivity index (χ1v) is 7.76. The highest BCUT2D eigenvalue weighted by atomic mass is 32.2. The molecular weight excluding hydrogens is 258 g/mol. The molecule has 4 nitrogen and oxygen atoms in total. The van der Waals surface area contributed by atoms with E-state index in [-0.39, 0.29) is 0 Å². The molecule has 2 heterocycles. The third-order valence-corrected chi connectivity index (χ3v) is 5.05. The molecule has 1 fully saturated rings. The quantitative estimate of drug-likeness (QED) is 0.917. The number of aliphatic imine (C=N–C) groups is 1. The van der Waals surface area contributed by atoms with Crippen LogP contribution < -0.4 is 15.4 Å². The van der Waals surface area contributed by atoms with E-state index < -0.39 is 0 Å². The number of benzene rings is 1. The standard InChI is InChI=1S/C14H19N3OS/c1-18-12-4-2-3-11(7-12)17-13(8-16-14(17)15)10-5-6-19-9-10/h2-4,7,10,13H,5-6,8-9H2,1H3,(H2,15,16). The molecule has 0 amide bonds. The molecule has 3 rings (SSSR count). The molecule has 2 unspecified atom stereocenters. The van der Waals surface area contributed by atoms with E-state index >= 15 is 0 Å². The van der Waals surface area contributed by atoms with Gasteiger partial charge in [-0.2, -0.15) is 11.8 Å². The van der Waals surface area contributed by atoms with Gasteiger partial charge in [0.2, 0.25) is 0 Å². The lowest BCUT2D eigenvalue weighted by atomic mass is 9.98. The molecule has 2 aliphatic rings. The molecular formula is C14H19N3OS. The van der Waals surface area contributed by atoms with E-state index in [9.17, 15) is 0 Å². The van der Waals surface area contributed by atoms with Crippen molar-refractivity contribution in [3.8, 4) is 5.75 Å².